The Morgan fingerprint density at radius 3 is 2.13 bits per heavy atom. The summed E-state index contributed by atoms with van der Waals surface area (Å²) in [5.74, 6) is -1.70. The van der Waals surface area contributed by atoms with E-state index in [1.54, 1.807) is 12.1 Å². The highest BCUT2D eigenvalue weighted by atomic mass is 79.9. The highest BCUT2D eigenvalue weighted by Gasteiger charge is 2.52. The molecule has 1 aliphatic heterocycles. The van der Waals surface area contributed by atoms with Gasteiger partial charge in [-0.2, -0.15) is 0 Å². The molecule has 1 saturated carbocycles. The fourth-order valence-corrected chi connectivity index (χ4v) is 5.16. The van der Waals surface area contributed by atoms with Crippen molar-refractivity contribution in [1.82, 2.24) is 0 Å². The zero-order valence-corrected chi connectivity index (χ0v) is 19.1. The smallest absolute Gasteiger partial charge is 0.343 e. The highest BCUT2D eigenvalue weighted by Crippen LogP contribution is 2.44. The number of rotatable bonds is 4. The van der Waals surface area contributed by atoms with Crippen LogP contribution in [0, 0.1) is 22.0 Å². The molecule has 0 radical (unpaired) electrons. The molecule has 0 bridgehead atoms. The van der Waals surface area contributed by atoms with Crippen LogP contribution in [0.3, 0.4) is 0 Å². The van der Waals surface area contributed by atoms with Crippen LogP contribution in [0.25, 0.3) is 0 Å². The number of non-ortho nitro benzene ring substituents is 1. The van der Waals surface area contributed by atoms with Gasteiger partial charge in [-0.05, 0) is 43.2 Å². The Bertz CT molecular complexity index is 1050. The second kappa shape index (κ2) is 8.51. The van der Waals surface area contributed by atoms with E-state index in [2.05, 4.69) is 31.9 Å². The molecule has 4 rings (SSSR count). The van der Waals surface area contributed by atoms with E-state index in [4.69, 9.17) is 4.74 Å². The number of anilines is 1. The van der Waals surface area contributed by atoms with Crippen LogP contribution in [0.2, 0.25) is 0 Å². The zero-order chi connectivity index (χ0) is 22.3. The average molecular weight is 552 g/mol. The number of amides is 2. The van der Waals surface area contributed by atoms with Crippen molar-refractivity contribution in [3.8, 4) is 5.75 Å². The summed E-state index contributed by atoms with van der Waals surface area (Å²) in [5.41, 5.74) is 0.242. The lowest BCUT2D eigenvalue weighted by molar-refractivity contribution is -0.384. The van der Waals surface area contributed by atoms with Crippen molar-refractivity contribution < 1.29 is 24.0 Å². The molecule has 10 heteroatoms. The van der Waals surface area contributed by atoms with Gasteiger partial charge in [-0.3, -0.25) is 24.6 Å². The first-order valence-corrected chi connectivity index (χ1v) is 11.3. The summed E-state index contributed by atoms with van der Waals surface area (Å²) in [6, 6.07) is 11.3. The minimum absolute atomic E-state index is 0.0425. The predicted molar refractivity (Wildman–Crippen MR) is 119 cm³/mol. The Morgan fingerprint density at radius 2 is 1.58 bits per heavy atom. The lowest BCUT2D eigenvalue weighted by Gasteiger charge is -2.29. The topological polar surface area (TPSA) is 107 Å². The van der Waals surface area contributed by atoms with Crippen molar-refractivity contribution in [2.45, 2.75) is 22.5 Å². The lowest BCUT2D eigenvalue weighted by Crippen LogP contribution is -2.34. The molecule has 0 N–H and O–H groups in total. The number of ether oxygens (including phenoxy) is 1. The van der Waals surface area contributed by atoms with Crippen LogP contribution < -0.4 is 9.64 Å². The first-order valence-electron chi connectivity index (χ1n) is 9.49. The molecule has 2 fully saturated rings. The summed E-state index contributed by atoms with van der Waals surface area (Å²) in [6.07, 6.45) is 1.17. The van der Waals surface area contributed by atoms with Gasteiger partial charge in [0.2, 0.25) is 11.8 Å². The summed E-state index contributed by atoms with van der Waals surface area (Å²) >= 11 is 7.13. The Morgan fingerprint density at radius 1 is 1.00 bits per heavy atom. The molecule has 2 aliphatic rings. The van der Waals surface area contributed by atoms with Gasteiger partial charge in [-0.1, -0.05) is 37.9 Å². The molecular weight excluding hydrogens is 536 g/mol. The molecule has 1 heterocycles. The van der Waals surface area contributed by atoms with Gasteiger partial charge in [0, 0.05) is 21.8 Å². The van der Waals surface area contributed by atoms with E-state index < -0.39 is 10.9 Å². The molecule has 0 unspecified atom stereocenters. The number of nitro groups is 1. The monoisotopic (exact) mass is 550 g/mol. The van der Waals surface area contributed by atoms with Gasteiger partial charge in [-0.15, -0.1) is 0 Å². The maximum atomic E-state index is 12.9. The SMILES string of the molecule is O=C(Oc1ccc(N2C(=O)[C@H]3C[C@@H](Br)[C@@H](Br)C[C@H]3C2=O)cc1)c1cccc([N+](=O)[O-])c1. The van der Waals surface area contributed by atoms with Crippen LogP contribution >= 0.6 is 31.9 Å². The minimum Gasteiger partial charge on any atom is -0.423 e. The number of imide groups is 1. The summed E-state index contributed by atoms with van der Waals surface area (Å²) in [7, 11) is 0. The third-order valence-electron chi connectivity index (χ3n) is 5.51. The van der Waals surface area contributed by atoms with E-state index in [0.717, 1.165) is 6.07 Å². The van der Waals surface area contributed by atoms with Gasteiger partial charge < -0.3 is 4.74 Å². The normalized spacial score (nSPS) is 25.3. The third-order valence-corrected chi connectivity index (χ3v) is 8.24. The Kier molecular flexibility index (Phi) is 5.94. The Balaban J connectivity index is 1.49. The number of halogens is 2. The number of hydrogen-bond donors (Lipinski definition) is 0. The first kappa shape index (κ1) is 21.6. The van der Waals surface area contributed by atoms with Crippen LogP contribution in [-0.4, -0.2) is 32.4 Å². The molecule has 2 aromatic rings. The zero-order valence-electron chi connectivity index (χ0n) is 15.9. The van der Waals surface area contributed by atoms with Gasteiger partial charge in [0.15, 0.2) is 0 Å². The molecule has 0 aromatic heterocycles. The number of carbonyl (C=O) groups is 3. The quantitative estimate of drug-likeness (QED) is 0.140. The van der Waals surface area contributed by atoms with E-state index in [9.17, 15) is 24.5 Å². The van der Waals surface area contributed by atoms with Crippen LogP contribution in [0.15, 0.2) is 48.5 Å². The van der Waals surface area contributed by atoms with Crippen LogP contribution in [0.1, 0.15) is 23.2 Å². The lowest BCUT2D eigenvalue weighted by atomic mass is 9.81. The van der Waals surface area contributed by atoms with Gasteiger partial charge >= 0.3 is 5.97 Å². The summed E-state index contributed by atoms with van der Waals surface area (Å²) in [4.78, 5) is 49.8. The third kappa shape index (κ3) is 4.14. The number of fused-ring (bicyclic) bond motifs is 1. The van der Waals surface area contributed by atoms with Crippen LogP contribution in [0.4, 0.5) is 11.4 Å². The molecule has 1 saturated heterocycles. The molecule has 160 valence electrons. The Hall–Kier alpha value is -2.59. The molecule has 2 aromatic carbocycles. The van der Waals surface area contributed by atoms with Crippen molar-refractivity contribution in [3.05, 3.63) is 64.2 Å². The van der Waals surface area contributed by atoms with Crippen LogP contribution in [-0.2, 0) is 9.59 Å². The summed E-state index contributed by atoms with van der Waals surface area (Å²) < 4.78 is 5.27. The minimum atomic E-state index is -0.748. The number of alkyl halides is 2. The van der Waals surface area contributed by atoms with Gasteiger partial charge in [-0.25, -0.2) is 4.79 Å². The average Bonchev–Trinajstić information content (AvgIpc) is 2.99. The molecule has 31 heavy (non-hydrogen) atoms. The van der Waals surface area contributed by atoms with E-state index in [1.807, 2.05) is 0 Å². The van der Waals surface area contributed by atoms with Crippen LogP contribution in [0.5, 0.6) is 5.75 Å². The number of benzene rings is 2. The number of nitrogens with zero attached hydrogens (tertiary/aromatic N) is 2. The van der Waals surface area contributed by atoms with E-state index in [-0.39, 0.29) is 50.3 Å². The van der Waals surface area contributed by atoms with Crippen molar-refractivity contribution in [1.29, 1.82) is 0 Å². The van der Waals surface area contributed by atoms with Crippen molar-refractivity contribution in [2.24, 2.45) is 11.8 Å². The molecule has 4 atom stereocenters. The van der Waals surface area contributed by atoms with Crippen molar-refractivity contribution >= 4 is 61.0 Å². The van der Waals surface area contributed by atoms with Crippen molar-refractivity contribution in [3.63, 3.8) is 0 Å². The van der Waals surface area contributed by atoms with E-state index in [0.29, 0.717) is 18.5 Å². The number of nitro benzene ring substituents is 1. The number of carbonyl (C=O) groups excluding carboxylic acids is 3. The second-order valence-corrected chi connectivity index (χ2v) is 9.77. The molecule has 8 nitrogen and oxygen atoms in total. The highest BCUT2D eigenvalue weighted by molar-refractivity contribution is 9.12. The largest absolute Gasteiger partial charge is 0.423 e. The van der Waals surface area contributed by atoms with Gasteiger partial charge in [0.1, 0.15) is 5.75 Å². The van der Waals surface area contributed by atoms with E-state index >= 15 is 0 Å². The first-order chi connectivity index (χ1) is 14.8. The number of esters is 1. The summed E-state index contributed by atoms with van der Waals surface area (Å²) in [5, 5.41) is 10.9. The van der Waals surface area contributed by atoms with E-state index in [1.165, 1.54) is 35.2 Å². The maximum Gasteiger partial charge on any atom is 0.343 e. The standard InChI is InChI=1S/C21H16Br2N2O6/c22-17-9-15-16(10-18(17)23)20(27)24(19(15)26)12-4-6-14(7-5-12)31-21(28)11-2-1-3-13(8-11)25(29)30/h1-8,15-18H,9-10H2/t15-,16+,17+,18-. The molecule has 0 spiro atoms. The fourth-order valence-electron chi connectivity index (χ4n) is 3.93. The molecule has 2 amide bonds. The fraction of sp³-hybridized carbons (Fsp3) is 0.286. The summed E-state index contributed by atoms with van der Waals surface area (Å²) in [6.45, 7) is 0. The Labute approximate surface area is 194 Å². The predicted octanol–water partition coefficient (Wildman–Crippen LogP) is 4.24. The number of hydrogen-bond acceptors (Lipinski definition) is 6. The molecular formula is C21H16Br2N2O6. The van der Waals surface area contributed by atoms with Crippen molar-refractivity contribution in [2.75, 3.05) is 4.90 Å². The van der Waals surface area contributed by atoms with Gasteiger partial charge in [0.05, 0.1) is 28.0 Å². The maximum absolute atomic E-state index is 12.9. The van der Waals surface area contributed by atoms with Gasteiger partial charge in [0.25, 0.3) is 5.69 Å². The molecule has 1 aliphatic carbocycles. The second-order valence-electron chi connectivity index (χ2n) is 7.42.